The van der Waals surface area contributed by atoms with E-state index >= 15 is 0 Å². The van der Waals surface area contributed by atoms with E-state index in [-0.39, 0.29) is 5.91 Å². The molecule has 6 heteroatoms. The van der Waals surface area contributed by atoms with Crippen LogP contribution in [0.3, 0.4) is 0 Å². The van der Waals surface area contributed by atoms with E-state index in [9.17, 15) is 4.79 Å². The second-order valence-electron chi connectivity index (χ2n) is 3.49. The highest BCUT2D eigenvalue weighted by Gasteiger charge is 2.13. The van der Waals surface area contributed by atoms with E-state index in [4.69, 9.17) is 9.47 Å². The van der Waals surface area contributed by atoms with E-state index in [1.807, 2.05) is 0 Å². The number of aromatic nitrogens is 2. The quantitative estimate of drug-likeness (QED) is 0.861. The van der Waals surface area contributed by atoms with Gasteiger partial charge in [-0.1, -0.05) is 0 Å². The van der Waals surface area contributed by atoms with Gasteiger partial charge in [0.15, 0.2) is 0 Å². The smallest absolute Gasteiger partial charge is 0.260 e. The van der Waals surface area contributed by atoms with Crippen molar-refractivity contribution in [3.8, 4) is 11.5 Å². The number of hydrogen-bond donors (Lipinski definition) is 2. The number of H-pyrrole nitrogens is 1. The molecule has 0 radical (unpaired) electrons. The van der Waals surface area contributed by atoms with Crippen molar-refractivity contribution in [1.29, 1.82) is 0 Å². The molecule has 0 fully saturated rings. The lowest BCUT2D eigenvalue weighted by atomic mass is 10.1. The summed E-state index contributed by atoms with van der Waals surface area (Å²) in [7, 11) is 3.06. The van der Waals surface area contributed by atoms with Gasteiger partial charge in [-0.15, -0.1) is 0 Å². The zero-order valence-electron chi connectivity index (χ0n) is 10.1. The Morgan fingerprint density at radius 1 is 1.28 bits per heavy atom. The van der Waals surface area contributed by atoms with Crippen LogP contribution in [0.25, 0.3) is 0 Å². The van der Waals surface area contributed by atoms with Gasteiger partial charge in [-0.25, -0.2) is 0 Å². The van der Waals surface area contributed by atoms with Crippen LogP contribution in [0.15, 0.2) is 30.5 Å². The van der Waals surface area contributed by atoms with Gasteiger partial charge < -0.3 is 14.8 Å². The summed E-state index contributed by atoms with van der Waals surface area (Å²) in [6, 6.07) is 6.66. The first-order valence-electron chi connectivity index (χ1n) is 5.27. The van der Waals surface area contributed by atoms with Crippen molar-refractivity contribution in [2.24, 2.45) is 0 Å². The van der Waals surface area contributed by atoms with Gasteiger partial charge in [0.1, 0.15) is 17.3 Å². The largest absolute Gasteiger partial charge is 0.497 e. The van der Waals surface area contributed by atoms with Crippen LogP contribution in [0.4, 0.5) is 5.82 Å². The maximum absolute atomic E-state index is 12.0. The summed E-state index contributed by atoms with van der Waals surface area (Å²) >= 11 is 0. The Morgan fingerprint density at radius 3 is 2.72 bits per heavy atom. The number of aromatic amines is 1. The number of benzene rings is 1. The summed E-state index contributed by atoms with van der Waals surface area (Å²) in [6.45, 7) is 0. The van der Waals surface area contributed by atoms with Crippen molar-refractivity contribution in [3.05, 3.63) is 36.0 Å². The van der Waals surface area contributed by atoms with Gasteiger partial charge in [0.2, 0.25) is 0 Å². The lowest BCUT2D eigenvalue weighted by Gasteiger charge is -2.09. The van der Waals surface area contributed by atoms with Crippen molar-refractivity contribution in [2.75, 3.05) is 19.5 Å². The van der Waals surface area contributed by atoms with Gasteiger partial charge in [0, 0.05) is 12.1 Å². The first-order valence-corrected chi connectivity index (χ1v) is 5.27. The number of ether oxygens (including phenoxy) is 2. The zero-order chi connectivity index (χ0) is 13.0. The lowest BCUT2D eigenvalue weighted by Crippen LogP contribution is -2.13. The highest BCUT2D eigenvalue weighted by Crippen LogP contribution is 2.25. The zero-order valence-corrected chi connectivity index (χ0v) is 10.1. The molecule has 0 aliphatic carbocycles. The van der Waals surface area contributed by atoms with E-state index in [0.29, 0.717) is 22.9 Å². The van der Waals surface area contributed by atoms with Gasteiger partial charge in [0.25, 0.3) is 5.91 Å². The Balaban J connectivity index is 2.24. The normalized spacial score (nSPS) is 9.89. The molecule has 2 N–H and O–H groups in total. The number of methoxy groups -OCH3 is 2. The fourth-order valence-corrected chi connectivity index (χ4v) is 1.50. The third kappa shape index (κ3) is 2.42. The molecule has 94 valence electrons. The Morgan fingerprint density at radius 2 is 2.11 bits per heavy atom. The van der Waals surface area contributed by atoms with E-state index in [1.54, 1.807) is 37.6 Å². The lowest BCUT2D eigenvalue weighted by molar-refractivity contribution is 0.102. The Hall–Kier alpha value is -2.50. The molecule has 1 heterocycles. The van der Waals surface area contributed by atoms with Crippen LogP contribution in [0.2, 0.25) is 0 Å². The topological polar surface area (TPSA) is 76.2 Å². The highest BCUT2D eigenvalue weighted by atomic mass is 16.5. The summed E-state index contributed by atoms with van der Waals surface area (Å²) in [4.78, 5) is 12.0. The molecule has 2 rings (SSSR count). The maximum atomic E-state index is 12.0. The van der Waals surface area contributed by atoms with Crippen molar-refractivity contribution >= 4 is 11.7 Å². The molecule has 18 heavy (non-hydrogen) atoms. The molecule has 0 saturated heterocycles. The first-order chi connectivity index (χ1) is 8.74. The van der Waals surface area contributed by atoms with E-state index in [2.05, 4.69) is 15.5 Å². The number of anilines is 1. The van der Waals surface area contributed by atoms with E-state index in [0.717, 1.165) is 0 Å². The highest BCUT2D eigenvalue weighted by molar-refractivity contribution is 6.05. The SMILES string of the molecule is COc1ccc(C(=O)Nc2ccn[nH]2)c(OC)c1. The van der Waals surface area contributed by atoms with Crippen LogP contribution in [-0.2, 0) is 0 Å². The number of nitrogens with one attached hydrogen (secondary N) is 2. The Labute approximate surface area is 104 Å². The number of carbonyl (C=O) groups is 1. The number of amides is 1. The summed E-state index contributed by atoms with van der Waals surface area (Å²) in [6.07, 6.45) is 1.56. The molecule has 2 aromatic rings. The summed E-state index contributed by atoms with van der Waals surface area (Å²) < 4.78 is 10.2. The van der Waals surface area contributed by atoms with Gasteiger partial charge in [-0.05, 0) is 12.1 Å². The van der Waals surface area contributed by atoms with Gasteiger partial charge in [-0.3, -0.25) is 9.89 Å². The molecule has 0 aliphatic heterocycles. The third-order valence-electron chi connectivity index (χ3n) is 2.40. The van der Waals surface area contributed by atoms with Crippen LogP contribution in [0, 0.1) is 0 Å². The predicted molar refractivity (Wildman–Crippen MR) is 66.1 cm³/mol. The number of hydrogen-bond acceptors (Lipinski definition) is 4. The number of rotatable bonds is 4. The molecule has 0 atom stereocenters. The Bertz CT molecular complexity index is 538. The van der Waals surface area contributed by atoms with Crippen LogP contribution in [0.5, 0.6) is 11.5 Å². The first kappa shape index (κ1) is 12.0. The second-order valence-corrected chi connectivity index (χ2v) is 3.49. The van der Waals surface area contributed by atoms with Crippen molar-refractivity contribution in [3.63, 3.8) is 0 Å². The fourth-order valence-electron chi connectivity index (χ4n) is 1.50. The molecule has 1 amide bonds. The molecule has 1 aromatic carbocycles. The summed E-state index contributed by atoms with van der Waals surface area (Å²) in [5.74, 6) is 1.33. The van der Waals surface area contributed by atoms with Gasteiger partial charge >= 0.3 is 0 Å². The third-order valence-corrected chi connectivity index (χ3v) is 2.40. The average Bonchev–Trinajstić information content (AvgIpc) is 2.90. The molecular weight excluding hydrogens is 234 g/mol. The van der Waals surface area contributed by atoms with Crippen molar-refractivity contribution < 1.29 is 14.3 Å². The fraction of sp³-hybridized carbons (Fsp3) is 0.167. The standard InChI is InChI=1S/C12H13N3O3/c1-17-8-3-4-9(10(7-8)18-2)12(16)14-11-5-6-13-15-11/h3-7H,1-2H3,(H2,13,14,15,16). The summed E-state index contributed by atoms with van der Waals surface area (Å²) in [5.41, 5.74) is 0.424. The Kier molecular flexibility index (Phi) is 3.47. The molecule has 0 saturated carbocycles. The molecule has 0 aliphatic rings. The minimum absolute atomic E-state index is 0.279. The molecule has 6 nitrogen and oxygen atoms in total. The van der Waals surface area contributed by atoms with E-state index < -0.39 is 0 Å². The molecule has 0 spiro atoms. The second kappa shape index (κ2) is 5.22. The van der Waals surface area contributed by atoms with E-state index in [1.165, 1.54) is 7.11 Å². The minimum Gasteiger partial charge on any atom is -0.497 e. The van der Waals surface area contributed by atoms with Crippen LogP contribution >= 0.6 is 0 Å². The summed E-state index contributed by atoms with van der Waals surface area (Å²) in [5, 5.41) is 9.07. The van der Waals surface area contributed by atoms with Gasteiger partial charge in [0.05, 0.1) is 26.0 Å². The number of carbonyl (C=O) groups excluding carboxylic acids is 1. The maximum Gasteiger partial charge on any atom is 0.260 e. The van der Waals surface area contributed by atoms with Crippen molar-refractivity contribution in [2.45, 2.75) is 0 Å². The predicted octanol–water partition coefficient (Wildman–Crippen LogP) is 1.68. The average molecular weight is 247 g/mol. The molecule has 0 bridgehead atoms. The molecular formula is C12H13N3O3. The van der Waals surface area contributed by atoms with Gasteiger partial charge in [-0.2, -0.15) is 5.10 Å². The van der Waals surface area contributed by atoms with Crippen molar-refractivity contribution in [1.82, 2.24) is 10.2 Å². The van der Waals surface area contributed by atoms with Crippen LogP contribution in [-0.4, -0.2) is 30.3 Å². The molecule has 0 unspecified atom stereocenters. The number of nitrogens with zero attached hydrogens (tertiary/aromatic N) is 1. The van der Waals surface area contributed by atoms with Crippen LogP contribution in [0.1, 0.15) is 10.4 Å². The minimum atomic E-state index is -0.279. The molecule has 1 aromatic heterocycles. The van der Waals surface area contributed by atoms with Crippen LogP contribution < -0.4 is 14.8 Å². The monoisotopic (exact) mass is 247 g/mol.